The molecule has 0 aliphatic heterocycles. The molecule has 0 unspecified atom stereocenters. The van der Waals surface area contributed by atoms with Gasteiger partial charge in [0, 0.05) is 26.6 Å². The molecule has 5 heteroatoms. The Morgan fingerprint density at radius 2 is 1.95 bits per heavy atom. The Morgan fingerprint density at radius 3 is 2.48 bits per heavy atom. The fourth-order valence-corrected chi connectivity index (χ4v) is 1.92. The molecular formula is C16H25N3O2. The van der Waals surface area contributed by atoms with Crippen LogP contribution in [0.4, 0.5) is 0 Å². The number of hydrazone groups is 1. The van der Waals surface area contributed by atoms with Crippen LogP contribution in [0.15, 0.2) is 29.4 Å². The van der Waals surface area contributed by atoms with Crippen molar-refractivity contribution in [3.63, 3.8) is 0 Å². The second kappa shape index (κ2) is 9.00. The number of amides is 1. The molecule has 0 radical (unpaired) electrons. The van der Waals surface area contributed by atoms with E-state index in [1.807, 2.05) is 38.0 Å². The summed E-state index contributed by atoms with van der Waals surface area (Å²) in [5.74, 6) is 1.04. The average Bonchev–Trinajstić information content (AvgIpc) is 2.50. The number of carbonyl (C=O) groups excluding carboxylic acids is 1. The molecule has 0 bridgehead atoms. The van der Waals surface area contributed by atoms with Crippen LogP contribution < -0.4 is 0 Å². The lowest BCUT2D eigenvalue weighted by Crippen LogP contribution is -2.33. The van der Waals surface area contributed by atoms with Crippen molar-refractivity contribution >= 4 is 12.2 Å². The molecule has 0 aliphatic carbocycles. The smallest absolute Gasteiger partial charge is 0.215 e. The SMILES string of the molecule is CCCN(C=O)/C(CCc1ccc(O)cc1)=N\N(C)CC. The maximum Gasteiger partial charge on any atom is 0.215 e. The number of aromatic hydroxyl groups is 1. The molecule has 1 rings (SSSR count). The van der Waals surface area contributed by atoms with E-state index in [2.05, 4.69) is 5.10 Å². The predicted octanol–water partition coefficient (Wildman–Crippen LogP) is 2.46. The fraction of sp³-hybridized carbons (Fsp3) is 0.500. The van der Waals surface area contributed by atoms with E-state index in [0.29, 0.717) is 13.0 Å². The fourth-order valence-electron chi connectivity index (χ4n) is 1.92. The molecule has 0 spiro atoms. The zero-order chi connectivity index (χ0) is 15.7. The summed E-state index contributed by atoms with van der Waals surface area (Å²) in [5, 5.41) is 15.6. The van der Waals surface area contributed by atoms with Gasteiger partial charge in [0.15, 0.2) is 0 Å². The Morgan fingerprint density at radius 1 is 1.29 bits per heavy atom. The molecule has 0 saturated heterocycles. The highest BCUT2D eigenvalue weighted by Crippen LogP contribution is 2.12. The number of aryl methyl sites for hydroxylation is 1. The summed E-state index contributed by atoms with van der Waals surface area (Å²) in [4.78, 5) is 12.9. The van der Waals surface area contributed by atoms with Gasteiger partial charge in [-0.25, -0.2) is 0 Å². The molecule has 1 N–H and O–H groups in total. The minimum absolute atomic E-state index is 0.263. The van der Waals surface area contributed by atoms with Crippen molar-refractivity contribution in [1.29, 1.82) is 0 Å². The summed E-state index contributed by atoms with van der Waals surface area (Å²) in [6, 6.07) is 7.13. The van der Waals surface area contributed by atoms with Crippen LogP contribution in [0.1, 0.15) is 32.3 Å². The van der Waals surface area contributed by atoms with Gasteiger partial charge in [0.1, 0.15) is 11.6 Å². The minimum Gasteiger partial charge on any atom is -0.508 e. The third kappa shape index (κ3) is 5.85. The number of phenolic OH excluding ortho intramolecular Hbond substituents is 1. The molecule has 1 amide bonds. The van der Waals surface area contributed by atoms with Crippen molar-refractivity contribution in [2.24, 2.45) is 5.10 Å². The average molecular weight is 291 g/mol. The van der Waals surface area contributed by atoms with Gasteiger partial charge in [-0.3, -0.25) is 9.80 Å². The summed E-state index contributed by atoms with van der Waals surface area (Å²) in [6.45, 7) is 5.53. The van der Waals surface area contributed by atoms with E-state index < -0.39 is 0 Å². The Hall–Kier alpha value is -2.04. The second-order valence-corrected chi connectivity index (χ2v) is 4.96. The normalized spacial score (nSPS) is 11.3. The third-order valence-corrected chi connectivity index (χ3v) is 3.24. The number of hydrogen-bond donors (Lipinski definition) is 1. The summed E-state index contributed by atoms with van der Waals surface area (Å²) in [5.41, 5.74) is 1.11. The Balaban J connectivity index is 2.78. The molecule has 5 nitrogen and oxygen atoms in total. The van der Waals surface area contributed by atoms with Crippen LogP contribution in [0, 0.1) is 0 Å². The Labute approximate surface area is 126 Å². The topological polar surface area (TPSA) is 56.1 Å². The van der Waals surface area contributed by atoms with Crippen LogP contribution in [-0.2, 0) is 11.2 Å². The van der Waals surface area contributed by atoms with Gasteiger partial charge < -0.3 is 10.0 Å². The lowest BCUT2D eigenvalue weighted by Gasteiger charge is -2.21. The van der Waals surface area contributed by atoms with E-state index in [1.165, 1.54) is 0 Å². The number of carbonyl (C=O) groups is 1. The highest BCUT2D eigenvalue weighted by atomic mass is 16.3. The van der Waals surface area contributed by atoms with Gasteiger partial charge in [-0.2, -0.15) is 5.10 Å². The van der Waals surface area contributed by atoms with Crippen LogP contribution in [-0.4, -0.2) is 47.4 Å². The van der Waals surface area contributed by atoms with Crippen molar-refractivity contribution in [2.45, 2.75) is 33.1 Å². The zero-order valence-electron chi connectivity index (χ0n) is 13.1. The number of nitrogens with zero attached hydrogens (tertiary/aromatic N) is 3. The van der Waals surface area contributed by atoms with E-state index in [9.17, 15) is 9.90 Å². The molecule has 1 aromatic rings. The third-order valence-electron chi connectivity index (χ3n) is 3.24. The van der Waals surface area contributed by atoms with Crippen molar-refractivity contribution in [3.05, 3.63) is 29.8 Å². The van der Waals surface area contributed by atoms with Crippen molar-refractivity contribution in [2.75, 3.05) is 20.1 Å². The van der Waals surface area contributed by atoms with Crippen molar-refractivity contribution in [1.82, 2.24) is 9.91 Å². The first-order valence-electron chi connectivity index (χ1n) is 7.39. The first-order valence-corrected chi connectivity index (χ1v) is 7.39. The van der Waals surface area contributed by atoms with Gasteiger partial charge in [-0.05, 0) is 37.5 Å². The molecule has 0 fully saturated rings. The molecule has 0 aromatic heterocycles. The monoisotopic (exact) mass is 291 g/mol. The van der Waals surface area contributed by atoms with E-state index in [1.54, 1.807) is 17.0 Å². The van der Waals surface area contributed by atoms with Crippen molar-refractivity contribution in [3.8, 4) is 5.75 Å². The Kier molecular flexibility index (Phi) is 7.29. The molecule has 1 aromatic carbocycles. The molecule has 0 aliphatic rings. The molecular weight excluding hydrogens is 266 g/mol. The van der Waals surface area contributed by atoms with E-state index in [4.69, 9.17) is 0 Å². The van der Waals surface area contributed by atoms with Gasteiger partial charge in [-0.1, -0.05) is 19.1 Å². The maximum absolute atomic E-state index is 11.3. The molecule has 0 saturated carbocycles. The summed E-state index contributed by atoms with van der Waals surface area (Å²) < 4.78 is 0. The summed E-state index contributed by atoms with van der Waals surface area (Å²) >= 11 is 0. The van der Waals surface area contributed by atoms with Gasteiger partial charge in [0.05, 0.1) is 0 Å². The predicted molar refractivity (Wildman–Crippen MR) is 85.2 cm³/mol. The number of benzene rings is 1. The summed E-state index contributed by atoms with van der Waals surface area (Å²) in [6.07, 6.45) is 3.22. The lowest BCUT2D eigenvalue weighted by atomic mass is 10.1. The van der Waals surface area contributed by atoms with Crippen molar-refractivity contribution < 1.29 is 9.90 Å². The Bertz CT molecular complexity index is 457. The number of phenols is 1. The van der Waals surface area contributed by atoms with E-state index in [-0.39, 0.29) is 5.75 Å². The minimum atomic E-state index is 0.263. The second-order valence-electron chi connectivity index (χ2n) is 4.96. The molecule has 0 heterocycles. The number of amidine groups is 1. The van der Waals surface area contributed by atoms with Gasteiger partial charge in [0.25, 0.3) is 0 Å². The van der Waals surface area contributed by atoms with Gasteiger partial charge in [-0.15, -0.1) is 0 Å². The number of hydrogen-bond acceptors (Lipinski definition) is 4. The van der Waals surface area contributed by atoms with Crippen LogP contribution in [0.25, 0.3) is 0 Å². The highest BCUT2D eigenvalue weighted by molar-refractivity contribution is 5.90. The van der Waals surface area contributed by atoms with E-state index >= 15 is 0 Å². The lowest BCUT2D eigenvalue weighted by molar-refractivity contribution is -0.115. The van der Waals surface area contributed by atoms with Gasteiger partial charge >= 0.3 is 0 Å². The maximum atomic E-state index is 11.3. The van der Waals surface area contributed by atoms with Crippen LogP contribution in [0.2, 0.25) is 0 Å². The summed E-state index contributed by atoms with van der Waals surface area (Å²) in [7, 11) is 1.90. The van der Waals surface area contributed by atoms with Gasteiger partial charge in [0.2, 0.25) is 6.41 Å². The molecule has 116 valence electrons. The highest BCUT2D eigenvalue weighted by Gasteiger charge is 2.11. The number of rotatable bonds is 8. The van der Waals surface area contributed by atoms with Crippen LogP contribution in [0.3, 0.4) is 0 Å². The van der Waals surface area contributed by atoms with Crippen LogP contribution >= 0.6 is 0 Å². The largest absolute Gasteiger partial charge is 0.508 e. The zero-order valence-corrected chi connectivity index (χ0v) is 13.1. The van der Waals surface area contributed by atoms with E-state index in [0.717, 1.165) is 37.2 Å². The first-order chi connectivity index (χ1) is 10.1. The molecule has 0 atom stereocenters. The standard InChI is InChI=1S/C16H25N3O2/c1-4-12-19(13-20)16(17-18(3)5-2)11-8-14-6-9-15(21)10-7-14/h6-7,9-10,13,21H,4-5,8,11-12H2,1-3H3/b17-16-. The first kappa shape index (κ1) is 17.0. The van der Waals surface area contributed by atoms with Crippen LogP contribution in [0.5, 0.6) is 5.75 Å². The molecule has 21 heavy (non-hydrogen) atoms. The quantitative estimate of drug-likeness (QED) is 0.346.